The van der Waals surface area contributed by atoms with Gasteiger partial charge < -0.3 is 5.73 Å². The highest BCUT2D eigenvalue weighted by atomic mass is 127. The Morgan fingerprint density at radius 2 is 2.00 bits per heavy atom. The van der Waals surface area contributed by atoms with Gasteiger partial charge in [-0.3, -0.25) is 4.79 Å². The molecule has 0 aliphatic carbocycles. The standard InChI is InChI=1S/C5H2Cl2IN3O/c6-2-1(4(9)12)3(8)11-5(7)10-2/h(H2,9,12). The highest BCUT2D eigenvalue weighted by molar-refractivity contribution is 14.1. The summed E-state index contributed by atoms with van der Waals surface area (Å²) in [5.41, 5.74) is 5.11. The molecule has 12 heavy (non-hydrogen) atoms. The third kappa shape index (κ3) is 1.96. The normalized spacial score (nSPS) is 9.92. The van der Waals surface area contributed by atoms with Gasteiger partial charge in [-0.05, 0) is 34.2 Å². The third-order valence-electron chi connectivity index (χ3n) is 1.04. The number of hydrogen-bond donors (Lipinski definition) is 1. The molecule has 1 heterocycles. The van der Waals surface area contributed by atoms with E-state index in [1.54, 1.807) is 22.6 Å². The van der Waals surface area contributed by atoms with Crippen LogP contribution in [0.5, 0.6) is 0 Å². The lowest BCUT2D eigenvalue weighted by Crippen LogP contribution is -2.15. The summed E-state index contributed by atoms with van der Waals surface area (Å²) in [6, 6.07) is 0. The van der Waals surface area contributed by atoms with Crippen molar-refractivity contribution in [3.63, 3.8) is 0 Å². The first-order valence-corrected chi connectivity index (χ1v) is 4.54. The van der Waals surface area contributed by atoms with Crippen molar-refractivity contribution in [1.29, 1.82) is 0 Å². The molecule has 0 unspecified atom stereocenters. The lowest BCUT2D eigenvalue weighted by molar-refractivity contribution is 0.0999. The summed E-state index contributed by atoms with van der Waals surface area (Å²) in [6.45, 7) is 0. The zero-order valence-corrected chi connectivity index (χ0v) is 9.18. The minimum absolute atomic E-state index is 0.00519. The van der Waals surface area contributed by atoms with Crippen molar-refractivity contribution >= 4 is 51.7 Å². The number of hydrogen-bond acceptors (Lipinski definition) is 3. The number of amides is 1. The van der Waals surface area contributed by atoms with Gasteiger partial charge in [0.05, 0.1) is 0 Å². The van der Waals surface area contributed by atoms with Crippen LogP contribution in [0.2, 0.25) is 10.4 Å². The molecule has 0 aliphatic rings. The Morgan fingerprint density at radius 3 is 2.42 bits per heavy atom. The number of nitrogens with zero attached hydrogens (tertiary/aromatic N) is 2. The fourth-order valence-electron chi connectivity index (χ4n) is 0.587. The molecule has 0 saturated heterocycles. The second-order valence-corrected chi connectivity index (χ2v) is 3.53. The molecule has 0 fully saturated rings. The Bertz CT molecular complexity index is 320. The molecule has 1 rings (SSSR count). The number of halogens is 3. The van der Waals surface area contributed by atoms with Crippen LogP contribution in [0.15, 0.2) is 0 Å². The smallest absolute Gasteiger partial charge is 0.254 e. The van der Waals surface area contributed by atoms with E-state index < -0.39 is 5.91 Å². The van der Waals surface area contributed by atoms with Crippen LogP contribution in [0.25, 0.3) is 0 Å². The second-order valence-electron chi connectivity index (χ2n) is 1.81. The first kappa shape index (κ1) is 9.94. The molecule has 0 bridgehead atoms. The third-order valence-corrected chi connectivity index (χ3v) is 2.26. The predicted molar refractivity (Wildman–Crippen MR) is 53.3 cm³/mol. The Kier molecular flexibility index (Phi) is 3.08. The maximum absolute atomic E-state index is 10.8. The highest BCUT2D eigenvalue weighted by Gasteiger charge is 2.14. The molecule has 1 aromatic heterocycles. The summed E-state index contributed by atoms with van der Waals surface area (Å²) in [7, 11) is 0. The molecule has 2 N–H and O–H groups in total. The fraction of sp³-hybridized carbons (Fsp3) is 0. The van der Waals surface area contributed by atoms with E-state index in [-0.39, 0.29) is 16.0 Å². The van der Waals surface area contributed by atoms with Crippen LogP contribution in [0.3, 0.4) is 0 Å². The highest BCUT2D eigenvalue weighted by Crippen LogP contribution is 2.19. The van der Waals surface area contributed by atoms with Gasteiger partial charge >= 0.3 is 0 Å². The summed E-state index contributed by atoms with van der Waals surface area (Å²) in [5, 5.41) is -0.0266. The lowest BCUT2D eigenvalue weighted by Gasteiger charge is -2.00. The molecule has 1 aromatic rings. The van der Waals surface area contributed by atoms with Crippen LogP contribution < -0.4 is 5.73 Å². The Morgan fingerprint density at radius 1 is 1.42 bits per heavy atom. The van der Waals surface area contributed by atoms with Crippen molar-refractivity contribution in [2.24, 2.45) is 5.73 Å². The van der Waals surface area contributed by atoms with Crippen LogP contribution in [0, 0.1) is 3.70 Å². The average molecular weight is 318 g/mol. The van der Waals surface area contributed by atoms with Crippen LogP contribution in [-0.2, 0) is 0 Å². The molecule has 1 amide bonds. The van der Waals surface area contributed by atoms with Crippen LogP contribution in [0.4, 0.5) is 0 Å². The Balaban J connectivity index is 3.38. The SMILES string of the molecule is NC(=O)c1c(Cl)nc(Cl)nc1I. The molecule has 0 atom stereocenters. The van der Waals surface area contributed by atoms with Crippen molar-refractivity contribution in [1.82, 2.24) is 9.97 Å². The minimum atomic E-state index is -0.666. The van der Waals surface area contributed by atoms with Crippen LogP contribution >= 0.6 is 45.8 Å². The van der Waals surface area contributed by atoms with Crippen LogP contribution in [-0.4, -0.2) is 15.9 Å². The topological polar surface area (TPSA) is 68.9 Å². The van der Waals surface area contributed by atoms with Crippen LogP contribution in [0.1, 0.15) is 10.4 Å². The summed E-state index contributed by atoms with van der Waals surface area (Å²) in [4.78, 5) is 18.0. The maximum Gasteiger partial charge on any atom is 0.254 e. The molecule has 7 heteroatoms. The average Bonchev–Trinajstić information content (AvgIpc) is 1.82. The number of carbonyl (C=O) groups is 1. The monoisotopic (exact) mass is 317 g/mol. The summed E-state index contributed by atoms with van der Waals surface area (Å²) < 4.78 is 0.352. The van der Waals surface area contributed by atoms with E-state index in [0.717, 1.165) is 0 Å². The fourth-order valence-corrected chi connectivity index (χ4v) is 2.11. The largest absolute Gasteiger partial charge is 0.365 e. The Hall–Kier alpha value is -0.140. The quantitative estimate of drug-likeness (QED) is 0.484. The molecule has 0 radical (unpaired) electrons. The van der Waals surface area contributed by atoms with Crippen molar-refractivity contribution in [3.05, 3.63) is 19.7 Å². The number of aromatic nitrogens is 2. The van der Waals surface area contributed by atoms with Gasteiger partial charge in [-0.2, -0.15) is 0 Å². The van der Waals surface area contributed by atoms with Gasteiger partial charge in [0, 0.05) is 0 Å². The van der Waals surface area contributed by atoms with E-state index in [2.05, 4.69) is 9.97 Å². The van der Waals surface area contributed by atoms with Crippen molar-refractivity contribution in [2.75, 3.05) is 0 Å². The summed E-state index contributed by atoms with van der Waals surface area (Å²) in [5.74, 6) is -0.666. The van der Waals surface area contributed by atoms with Gasteiger partial charge in [-0.25, -0.2) is 9.97 Å². The molecule has 64 valence electrons. The number of rotatable bonds is 1. The number of primary amides is 1. The van der Waals surface area contributed by atoms with Crippen molar-refractivity contribution in [3.8, 4) is 0 Å². The Labute approximate surface area is 91.6 Å². The lowest BCUT2D eigenvalue weighted by atomic mass is 10.3. The van der Waals surface area contributed by atoms with E-state index in [9.17, 15) is 4.79 Å². The van der Waals surface area contributed by atoms with E-state index in [0.29, 0.717) is 3.70 Å². The van der Waals surface area contributed by atoms with Gasteiger partial charge in [0.1, 0.15) is 14.4 Å². The van der Waals surface area contributed by atoms with Gasteiger partial charge in [0.25, 0.3) is 5.91 Å². The van der Waals surface area contributed by atoms with Gasteiger partial charge in [-0.15, -0.1) is 0 Å². The first-order chi connectivity index (χ1) is 5.52. The molecule has 0 aromatic carbocycles. The van der Waals surface area contributed by atoms with E-state index in [1.165, 1.54) is 0 Å². The molecule has 0 aliphatic heterocycles. The number of carbonyl (C=O) groups excluding carboxylic acids is 1. The summed E-state index contributed by atoms with van der Waals surface area (Å²) in [6.07, 6.45) is 0. The molecular formula is C5H2Cl2IN3O. The minimum Gasteiger partial charge on any atom is -0.365 e. The summed E-state index contributed by atoms with van der Waals surface area (Å²) >= 11 is 12.9. The first-order valence-electron chi connectivity index (χ1n) is 2.70. The molecular weight excluding hydrogens is 316 g/mol. The van der Waals surface area contributed by atoms with E-state index in [1.807, 2.05) is 0 Å². The second kappa shape index (κ2) is 3.71. The molecule has 0 spiro atoms. The van der Waals surface area contributed by atoms with E-state index in [4.69, 9.17) is 28.9 Å². The van der Waals surface area contributed by atoms with Crippen molar-refractivity contribution < 1.29 is 4.79 Å². The molecule has 4 nitrogen and oxygen atoms in total. The maximum atomic E-state index is 10.8. The zero-order valence-electron chi connectivity index (χ0n) is 5.51. The zero-order chi connectivity index (χ0) is 9.30. The number of nitrogens with two attached hydrogens (primary N) is 1. The van der Waals surface area contributed by atoms with E-state index >= 15 is 0 Å². The van der Waals surface area contributed by atoms with Gasteiger partial charge in [0.2, 0.25) is 5.28 Å². The predicted octanol–water partition coefficient (Wildman–Crippen LogP) is 1.49. The van der Waals surface area contributed by atoms with Gasteiger partial charge in [-0.1, -0.05) is 11.6 Å². The van der Waals surface area contributed by atoms with Crippen molar-refractivity contribution in [2.45, 2.75) is 0 Å². The van der Waals surface area contributed by atoms with Gasteiger partial charge in [0.15, 0.2) is 0 Å². The molecule has 0 saturated carbocycles.